The average Bonchev–Trinajstić information content (AvgIpc) is 2.68. The van der Waals surface area contributed by atoms with Crippen molar-refractivity contribution in [2.75, 3.05) is 6.54 Å². The molecule has 1 saturated carbocycles. The molecule has 0 radical (unpaired) electrons. The van der Waals surface area contributed by atoms with Gasteiger partial charge in [-0.3, -0.25) is 4.79 Å². The van der Waals surface area contributed by atoms with Crippen LogP contribution in [0.1, 0.15) is 26.2 Å². The first-order valence-corrected chi connectivity index (χ1v) is 3.96. The Kier molecular flexibility index (Phi) is 2.44. The summed E-state index contributed by atoms with van der Waals surface area (Å²) >= 11 is 0. The summed E-state index contributed by atoms with van der Waals surface area (Å²) < 4.78 is 0. The molecule has 0 heterocycles. The van der Waals surface area contributed by atoms with Gasteiger partial charge in [0, 0.05) is 12.3 Å². The fourth-order valence-corrected chi connectivity index (χ4v) is 0.999. The van der Waals surface area contributed by atoms with Gasteiger partial charge in [0.2, 0.25) is 0 Å². The second-order valence-electron chi connectivity index (χ2n) is 3.29. The van der Waals surface area contributed by atoms with E-state index in [1.165, 1.54) is 0 Å². The van der Waals surface area contributed by atoms with E-state index in [1.54, 1.807) is 0 Å². The summed E-state index contributed by atoms with van der Waals surface area (Å²) in [4.78, 5) is 11.1. The summed E-state index contributed by atoms with van der Waals surface area (Å²) in [7, 11) is 0. The maximum atomic E-state index is 11.1. The van der Waals surface area contributed by atoms with Gasteiger partial charge in [-0.05, 0) is 25.3 Å². The van der Waals surface area contributed by atoms with E-state index < -0.39 is 0 Å². The van der Waals surface area contributed by atoms with Crippen molar-refractivity contribution in [3.63, 3.8) is 0 Å². The van der Waals surface area contributed by atoms with Crippen LogP contribution in [0, 0.1) is 11.8 Å². The van der Waals surface area contributed by atoms with E-state index in [2.05, 4.69) is 0 Å². The molecule has 0 bridgehead atoms. The molecule has 0 aromatic heterocycles. The first-order chi connectivity index (χ1) is 4.74. The Morgan fingerprint density at radius 3 is 2.70 bits per heavy atom. The van der Waals surface area contributed by atoms with E-state index in [-0.39, 0.29) is 0 Å². The SMILES string of the molecule is CC(CN)CC(=O)C1CC1. The van der Waals surface area contributed by atoms with E-state index in [0.717, 1.165) is 12.8 Å². The smallest absolute Gasteiger partial charge is 0.136 e. The van der Waals surface area contributed by atoms with Crippen LogP contribution in [-0.2, 0) is 4.79 Å². The van der Waals surface area contributed by atoms with Crippen molar-refractivity contribution in [1.29, 1.82) is 0 Å². The first kappa shape index (κ1) is 7.73. The standard InChI is InChI=1S/C8H15NO/c1-6(5-9)4-8(10)7-2-3-7/h6-7H,2-5,9H2,1H3. The lowest BCUT2D eigenvalue weighted by molar-refractivity contribution is -0.120. The Morgan fingerprint density at radius 1 is 1.70 bits per heavy atom. The van der Waals surface area contributed by atoms with Gasteiger partial charge in [-0.2, -0.15) is 0 Å². The zero-order chi connectivity index (χ0) is 7.56. The molecule has 0 aromatic rings. The minimum absolute atomic E-state index is 0.382. The molecule has 10 heavy (non-hydrogen) atoms. The molecule has 0 spiro atoms. The number of Topliss-reactive ketones (excluding diaryl/α,β-unsaturated/α-hetero) is 1. The third kappa shape index (κ3) is 2.10. The molecule has 2 nitrogen and oxygen atoms in total. The van der Waals surface area contributed by atoms with Gasteiger partial charge in [-0.1, -0.05) is 6.92 Å². The monoisotopic (exact) mass is 141 g/mol. The molecule has 0 aromatic carbocycles. The van der Waals surface area contributed by atoms with Crippen LogP contribution in [0.15, 0.2) is 0 Å². The van der Waals surface area contributed by atoms with Gasteiger partial charge in [-0.25, -0.2) is 0 Å². The Labute approximate surface area is 61.8 Å². The number of nitrogens with two attached hydrogens (primary N) is 1. The number of hydrogen-bond donors (Lipinski definition) is 1. The van der Waals surface area contributed by atoms with Crippen LogP contribution in [0.4, 0.5) is 0 Å². The van der Waals surface area contributed by atoms with Crippen molar-refractivity contribution in [3.8, 4) is 0 Å². The van der Waals surface area contributed by atoms with Gasteiger partial charge in [0.05, 0.1) is 0 Å². The fraction of sp³-hybridized carbons (Fsp3) is 0.875. The molecule has 1 rings (SSSR count). The Balaban J connectivity index is 2.16. The largest absolute Gasteiger partial charge is 0.330 e. The van der Waals surface area contributed by atoms with E-state index in [1.807, 2.05) is 6.92 Å². The maximum absolute atomic E-state index is 11.1. The van der Waals surface area contributed by atoms with Crippen LogP contribution in [-0.4, -0.2) is 12.3 Å². The van der Waals surface area contributed by atoms with Gasteiger partial charge in [-0.15, -0.1) is 0 Å². The quantitative estimate of drug-likeness (QED) is 0.633. The maximum Gasteiger partial charge on any atom is 0.136 e. The summed E-state index contributed by atoms with van der Waals surface area (Å²) in [5, 5.41) is 0. The second kappa shape index (κ2) is 3.15. The summed E-state index contributed by atoms with van der Waals surface area (Å²) in [5.74, 6) is 1.22. The third-order valence-corrected chi connectivity index (χ3v) is 1.98. The highest BCUT2D eigenvalue weighted by molar-refractivity contribution is 5.83. The molecule has 0 aliphatic heterocycles. The van der Waals surface area contributed by atoms with Crippen molar-refractivity contribution < 1.29 is 4.79 Å². The molecule has 2 N–H and O–H groups in total. The number of hydrogen-bond acceptors (Lipinski definition) is 2. The highest BCUT2D eigenvalue weighted by Gasteiger charge is 2.29. The number of carbonyl (C=O) groups is 1. The number of carbonyl (C=O) groups excluding carboxylic acids is 1. The summed E-state index contributed by atoms with van der Waals surface area (Å²) in [6, 6.07) is 0. The minimum atomic E-state index is 0.382. The van der Waals surface area contributed by atoms with Crippen LogP contribution in [0.3, 0.4) is 0 Å². The molecular formula is C8H15NO. The molecule has 0 amide bonds. The van der Waals surface area contributed by atoms with E-state index in [0.29, 0.717) is 30.6 Å². The molecule has 0 saturated heterocycles. The van der Waals surface area contributed by atoms with Crippen molar-refractivity contribution in [1.82, 2.24) is 0 Å². The molecule has 1 fully saturated rings. The lowest BCUT2D eigenvalue weighted by Crippen LogP contribution is -2.15. The topological polar surface area (TPSA) is 43.1 Å². The summed E-state index contributed by atoms with van der Waals surface area (Å²) in [6.07, 6.45) is 2.94. The molecular weight excluding hydrogens is 126 g/mol. The summed E-state index contributed by atoms with van der Waals surface area (Å²) in [6.45, 7) is 2.67. The van der Waals surface area contributed by atoms with Crippen LogP contribution in [0.25, 0.3) is 0 Å². The minimum Gasteiger partial charge on any atom is -0.330 e. The van der Waals surface area contributed by atoms with Crippen molar-refractivity contribution in [2.45, 2.75) is 26.2 Å². The zero-order valence-corrected chi connectivity index (χ0v) is 6.47. The van der Waals surface area contributed by atoms with Crippen molar-refractivity contribution in [2.24, 2.45) is 17.6 Å². The predicted octanol–water partition coefficient (Wildman–Crippen LogP) is 0.950. The molecule has 2 heteroatoms. The van der Waals surface area contributed by atoms with E-state index in [9.17, 15) is 4.79 Å². The highest BCUT2D eigenvalue weighted by Crippen LogP contribution is 2.31. The predicted molar refractivity (Wildman–Crippen MR) is 40.6 cm³/mol. The van der Waals surface area contributed by atoms with Gasteiger partial charge in [0.1, 0.15) is 5.78 Å². The van der Waals surface area contributed by atoms with Crippen LogP contribution in [0.2, 0.25) is 0 Å². The Hall–Kier alpha value is -0.370. The average molecular weight is 141 g/mol. The van der Waals surface area contributed by atoms with Crippen LogP contribution >= 0.6 is 0 Å². The van der Waals surface area contributed by atoms with Gasteiger partial charge in [0.25, 0.3) is 0 Å². The Morgan fingerprint density at radius 2 is 2.30 bits per heavy atom. The molecule has 1 aliphatic carbocycles. The molecule has 1 aliphatic rings. The summed E-state index contributed by atoms with van der Waals surface area (Å²) in [5.41, 5.74) is 5.39. The fourth-order valence-electron chi connectivity index (χ4n) is 0.999. The lowest BCUT2D eigenvalue weighted by atomic mass is 10.0. The van der Waals surface area contributed by atoms with Gasteiger partial charge >= 0.3 is 0 Å². The second-order valence-corrected chi connectivity index (χ2v) is 3.29. The van der Waals surface area contributed by atoms with Crippen molar-refractivity contribution >= 4 is 5.78 Å². The highest BCUT2D eigenvalue weighted by atomic mass is 16.1. The molecule has 1 atom stereocenters. The molecule has 1 unspecified atom stereocenters. The first-order valence-electron chi connectivity index (χ1n) is 3.96. The van der Waals surface area contributed by atoms with Gasteiger partial charge < -0.3 is 5.73 Å². The van der Waals surface area contributed by atoms with E-state index >= 15 is 0 Å². The number of rotatable bonds is 4. The van der Waals surface area contributed by atoms with Crippen LogP contribution < -0.4 is 5.73 Å². The lowest BCUT2D eigenvalue weighted by Gasteiger charge is -2.04. The number of ketones is 1. The third-order valence-electron chi connectivity index (χ3n) is 1.98. The zero-order valence-electron chi connectivity index (χ0n) is 6.47. The van der Waals surface area contributed by atoms with E-state index in [4.69, 9.17) is 5.73 Å². The van der Waals surface area contributed by atoms with Crippen LogP contribution in [0.5, 0.6) is 0 Å². The Bertz CT molecular complexity index is 129. The normalized spacial score (nSPS) is 20.6. The van der Waals surface area contributed by atoms with Crippen molar-refractivity contribution in [3.05, 3.63) is 0 Å². The van der Waals surface area contributed by atoms with Gasteiger partial charge in [0.15, 0.2) is 0 Å². The molecule has 58 valence electrons.